The van der Waals surface area contributed by atoms with Crippen molar-refractivity contribution in [3.05, 3.63) is 11.9 Å². The number of nitrogens with zero attached hydrogens (tertiary/aromatic N) is 3. The third kappa shape index (κ3) is 2.81. The molecule has 19 heavy (non-hydrogen) atoms. The molecule has 1 aromatic heterocycles. The van der Waals surface area contributed by atoms with Gasteiger partial charge in [-0.05, 0) is 25.9 Å². The molecule has 0 spiro atoms. The summed E-state index contributed by atoms with van der Waals surface area (Å²) in [6.07, 6.45) is 2.59. The first kappa shape index (κ1) is 14.1. The summed E-state index contributed by atoms with van der Waals surface area (Å²) < 4.78 is 7.06. The molecule has 1 unspecified atom stereocenters. The van der Waals surface area contributed by atoms with E-state index >= 15 is 0 Å². The quantitative estimate of drug-likeness (QED) is 0.734. The highest BCUT2D eigenvalue weighted by atomic mass is 16.5. The Morgan fingerprint density at radius 2 is 2.21 bits per heavy atom. The maximum Gasteiger partial charge on any atom is 0.188 e. The summed E-state index contributed by atoms with van der Waals surface area (Å²) >= 11 is 0. The summed E-state index contributed by atoms with van der Waals surface area (Å²) in [5, 5.41) is 4.28. The largest absolute Gasteiger partial charge is 0.493 e. The summed E-state index contributed by atoms with van der Waals surface area (Å²) in [6, 6.07) is 0. The molecule has 0 aromatic carbocycles. The summed E-state index contributed by atoms with van der Waals surface area (Å²) in [4.78, 5) is 14.6. The molecule has 1 aromatic rings. The van der Waals surface area contributed by atoms with Crippen LogP contribution in [-0.4, -0.2) is 48.2 Å². The molecule has 0 saturated heterocycles. The number of carbonyl (C=O) groups is 1. The van der Waals surface area contributed by atoms with Crippen molar-refractivity contribution in [2.75, 3.05) is 27.7 Å². The molecule has 1 saturated carbocycles. The second kappa shape index (κ2) is 4.96. The number of rotatable bonds is 6. The molecule has 5 heteroatoms. The van der Waals surface area contributed by atoms with Gasteiger partial charge in [-0.25, -0.2) is 0 Å². The minimum atomic E-state index is 0.108. The van der Waals surface area contributed by atoms with Crippen LogP contribution in [0.2, 0.25) is 0 Å². The maximum atomic E-state index is 12.6. The molecule has 0 amide bonds. The highest BCUT2D eigenvalue weighted by Gasteiger charge is 2.51. The first-order valence-electron chi connectivity index (χ1n) is 6.65. The van der Waals surface area contributed by atoms with Gasteiger partial charge in [-0.2, -0.15) is 5.10 Å². The predicted molar refractivity (Wildman–Crippen MR) is 73.6 cm³/mol. The lowest BCUT2D eigenvalue weighted by molar-refractivity contribution is 0.0938. The van der Waals surface area contributed by atoms with Crippen molar-refractivity contribution in [2.24, 2.45) is 11.3 Å². The maximum absolute atomic E-state index is 12.6. The lowest BCUT2D eigenvalue weighted by Crippen LogP contribution is -2.22. The average molecular weight is 265 g/mol. The Balaban J connectivity index is 2.21. The highest BCUT2D eigenvalue weighted by molar-refractivity contribution is 6.00. The Kier molecular flexibility index (Phi) is 3.67. The second-order valence-corrected chi connectivity index (χ2v) is 6.20. The van der Waals surface area contributed by atoms with E-state index in [1.807, 2.05) is 14.1 Å². The number of aromatic nitrogens is 2. The van der Waals surface area contributed by atoms with E-state index in [4.69, 9.17) is 4.74 Å². The van der Waals surface area contributed by atoms with Gasteiger partial charge in [0.2, 0.25) is 0 Å². The number of hydrogen-bond acceptors (Lipinski definition) is 4. The van der Waals surface area contributed by atoms with Crippen LogP contribution in [0, 0.1) is 11.3 Å². The van der Waals surface area contributed by atoms with Crippen LogP contribution in [0.25, 0.3) is 0 Å². The smallest absolute Gasteiger partial charge is 0.188 e. The first-order valence-corrected chi connectivity index (χ1v) is 6.65. The fraction of sp³-hybridized carbons (Fsp3) is 0.714. The zero-order valence-corrected chi connectivity index (χ0v) is 12.4. The number of ketones is 1. The second-order valence-electron chi connectivity index (χ2n) is 6.20. The van der Waals surface area contributed by atoms with Crippen LogP contribution < -0.4 is 4.74 Å². The van der Waals surface area contributed by atoms with E-state index in [0.29, 0.717) is 18.0 Å². The van der Waals surface area contributed by atoms with Gasteiger partial charge in [0.15, 0.2) is 11.5 Å². The van der Waals surface area contributed by atoms with Gasteiger partial charge < -0.3 is 9.64 Å². The summed E-state index contributed by atoms with van der Waals surface area (Å²) in [5.41, 5.74) is 0.749. The Bertz CT molecular complexity index is 477. The van der Waals surface area contributed by atoms with Crippen LogP contribution in [0.5, 0.6) is 5.75 Å². The fourth-order valence-electron chi connectivity index (χ4n) is 2.31. The number of carbonyl (C=O) groups excluding carboxylic acids is 1. The Hall–Kier alpha value is -1.36. The molecule has 1 atom stereocenters. The van der Waals surface area contributed by atoms with Crippen LogP contribution in [0.4, 0.5) is 0 Å². The molecule has 2 rings (SSSR count). The van der Waals surface area contributed by atoms with Crippen LogP contribution in [-0.2, 0) is 6.54 Å². The molecule has 0 aliphatic heterocycles. The fourth-order valence-corrected chi connectivity index (χ4v) is 2.31. The topological polar surface area (TPSA) is 47.4 Å². The number of methoxy groups -OCH3 is 1. The van der Waals surface area contributed by atoms with E-state index in [2.05, 4.69) is 23.8 Å². The third-order valence-electron chi connectivity index (χ3n) is 3.85. The number of likely N-dealkylation sites (N-methyl/N-ethyl adjacent to an activating group) is 1. The molecular weight excluding hydrogens is 242 g/mol. The highest BCUT2D eigenvalue weighted by Crippen LogP contribution is 2.53. The molecule has 106 valence electrons. The molecule has 0 bridgehead atoms. The predicted octanol–water partition coefficient (Wildman–Crippen LogP) is 1.68. The SMILES string of the molecule is COc1cnn(CCN(C)C)c1C(=O)C1CC1(C)C. The molecule has 1 fully saturated rings. The summed E-state index contributed by atoms with van der Waals surface area (Å²) in [6.45, 7) is 5.80. The standard InChI is InChI=1S/C14H23N3O2/c1-14(2)8-10(14)13(18)12-11(19-5)9-15-17(12)7-6-16(3)4/h9-10H,6-8H2,1-5H3. The zero-order valence-electron chi connectivity index (χ0n) is 12.4. The zero-order chi connectivity index (χ0) is 14.2. The van der Waals surface area contributed by atoms with Crippen molar-refractivity contribution in [3.63, 3.8) is 0 Å². The van der Waals surface area contributed by atoms with Gasteiger partial charge >= 0.3 is 0 Å². The van der Waals surface area contributed by atoms with Crippen molar-refractivity contribution in [2.45, 2.75) is 26.8 Å². The van der Waals surface area contributed by atoms with Gasteiger partial charge in [-0.15, -0.1) is 0 Å². The molecule has 0 N–H and O–H groups in total. The third-order valence-corrected chi connectivity index (χ3v) is 3.85. The molecule has 1 aliphatic carbocycles. The molecule has 5 nitrogen and oxygen atoms in total. The van der Waals surface area contributed by atoms with Crippen molar-refractivity contribution in [1.82, 2.24) is 14.7 Å². The van der Waals surface area contributed by atoms with Gasteiger partial charge in [-0.1, -0.05) is 13.8 Å². The molecule has 0 radical (unpaired) electrons. The van der Waals surface area contributed by atoms with Gasteiger partial charge in [0, 0.05) is 12.5 Å². The van der Waals surface area contributed by atoms with Crippen molar-refractivity contribution < 1.29 is 9.53 Å². The van der Waals surface area contributed by atoms with Crippen LogP contribution in [0.3, 0.4) is 0 Å². The molecule has 1 aliphatic rings. The Labute approximate surface area is 114 Å². The van der Waals surface area contributed by atoms with Crippen molar-refractivity contribution in [3.8, 4) is 5.75 Å². The van der Waals surface area contributed by atoms with E-state index in [1.165, 1.54) is 0 Å². The van der Waals surface area contributed by atoms with Crippen molar-refractivity contribution >= 4 is 5.78 Å². The van der Waals surface area contributed by atoms with Crippen LogP contribution >= 0.6 is 0 Å². The number of ether oxygens (including phenoxy) is 1. The van der Waals surface area contributed by atoms with Crippen LogP contribution in [0.15, 0.2) is 6.20 Å². The monoisotopic (exact) mass is 265 g/mol. The summed E-state index contributed by atoms with van der Waals surface area (Å²) in [7, 11) is 5.60. The van der Waals surface area contributed by atoms with Crippen molar-refractivity contribution in [1.29, 1.82) is 0 Å². The minimum Gasteiger partial charge on any atom is -0.493 e. The van der Waals surface area contributed by atoms with E-state index in [9.17, 15) is 4.79 Å². The first-order chi connectivity index (χ1) is 8.86. The van der Waals surface area contributed by atoms with E-state index in [-0.39, 0.29) is 17.1 Å². The average Bonchev–Trinajstić information content (AvgIpc) is 2.82. The lowest BCUT2D eigenvalue weighted by atomic mass is 10.0. The number of hydrogen-bond donors (Lipinski definition) is 0. The lowest BCUT2D eigenvalue weighted by Gasteiger charge is -2.12. The van der Waals surface area contributed by atoms with Gasteiger partial charge in [0.25, 0.3) is 0 Å². The van der Waals surface area contributed by atoms with E-state index in [1.54, 1.807) is 18.0 Å². The summed E-state index contributed by atoms with van der Waals surface area (Å²) in [5.74, 6) is 0.862. The van der Waals surface area contributed by atoms with E-state index < -0.39 is 0 Å². The molecule has 1 heterocycles. The Morgan fingerprint density at radius 1 is 1.58 bits per heavy atom. The van der Waals surface area contributed by atoms with E-state index in [0.717, 1.165) is 13.0 Å². The molecular formula is C14H23N3O2. The minimum absolute atomic E-state index is 0.108. The Morgan fingerprint density at radius 3 is 2.68 bits per heavy atom. The van der Waals surface area contributed by atoms with Crippen LogP contribution in [0.1, 0.15) is 30.8 Å². The normalized spacial score (nSPS) is 20.6. The van der Waals surface area contributed by atoms with Gasteiger partial charge in [0.1, 0.15) is 5.69 Å². The van der Waals surface area contributed by atoms with Gasteiger partial charge in [0.05, 0.1) is 19.9 Å². The van der Waals surface area contributed by atoms with Gasteiger partial charge in [-0.3, -0.25) is 9.48 Å². The number of Topliss-reactive ketones (excluding diaryl/α,β-unsaturated/α-hetero) is 1.